The Morgan fingerprint density at radius 2 is 1.35 bits per heavy atom. The first kappa shape index (κ1) is 15.3. The third-order valence-corrected chi connectivity index (χ3v) is 3.84. The Kier molecular flexibility index (Phi) is 4.72. The summed E-state index contributed by atoms with van der Waals surface area (Å²) in [7, 11) is 0. The molecule has 1 aromatic carbocycles. The van der Waals surface area contributed by atoms with Gasteiger partial charge in [0.15, 0.2) is 0 Å². The third kappa shape index (κ3) is 3.53. The van der Waals surface area contributed by atoms with E-state index < -0.39 is 0 Å². The molecule has 0 aliphatic heterocycles. The summed E-state index contributed by atoms with van der Waals surface area (Å²) >= 11 is 11.8. The van der Waals surface area contributed by atoms with E-state index in [0.717, 1.165) is 22.5 Å². The van der Waals surface area contributed by atoms with Gasteiger partial charge in [0, 0.05) is 0 Å². The molecule has 0 atom stereocenters. The smallest absolute Gasteiger partial charge is 0.0647 e. The molecule has 0 aliphatic rings. The van der Waals surface area contributed by atoms with Crippen LogP contribution in [0.3, 0.4) is 0 Å². The summed E-state index contributed by atoms with van der Waals surface area (Å²) in [4.78, 5) is 4.39. The van der Waals surface area contributed by atoms with Gasteiger partial charge in [-0.1, -0.05) is 45.0 Å². The molecule has 1 aromatic heterocycles. The van der Waals surface area contributed by atoms with Crippen molar-refractivity contribution in [2.75, 3.05) is 0 Å². The van der Waals surface area contributed by atoms with Crippen LogP contribution in [0.5, 0.6) is 0 Å². The quantitative estimate of drug-likeness (QED) is 0.680. The number of halogens is 2. The van der Waals surface area contributed by atoms with Crippen molar-refractivity contribution in [3.8, 4) is 11.1 Å². The molecule has 0 aliphatic carbocycles. The molecule has 0 unspecified atom stereocenters. The zero-order valence-electron chi connectivity index (χ0n) is 12.1. The molecule has 3 heteroatoms. The van der Waals surface area contributed by atoms with Gasteiger partial charge in [0.05, 0.1) is 23.1 Å². The molecular weight excluding hydrogens is 289 g/mol. The molecule has 0 saturated carbocycles. The molecule has 20 heavy (non-hydrogen) atoms. The molecule has 0 bridgehead atoms. The second kappa shape index (κ2) is 6.15. The molecule has 0 amide bonds. The Bertz CT molecular complexity index is 561. The lowest BCUT2D eigenvalue weighted by atomic mass is 9.86. The van der Waals surface area contributed by atoms with Crippen molar-refractivity contribution >= 4 is 23.2 Å². The highest BCUT2D eigenvalue weighted by Gasteiger charge is 2.13. The van der Waals surface area contributed by atoms with Crippen LogP contribution < -0.4 is 0 Å². The summed E-state index contributed by atoms with van der Waals surface area (Å²) in [6.07, 6.45) is 0. The van der Waals surface area contributed by atoms with Crippen LogP contribution in [-0.2, 0) is 17.2 Å². The zero-order valence-corrected chi connectivity index (χ0v) is 13.6. The highest BCUT2D eigenvalue weighted by molar-refractivity contribution is 6.17. The summed E-state index contributed by atoms with van der Waals surface area (Å²) in [5.74, 6) is 0.801. The Morgan fingerprint density at radius 1 is 0.850 bits per heavy atom. The van der Waals surface area contributed by atoms with Gasteiger partial charge in [-0.2, -0.15) is 0 Å². The maximum Gasteiger partial charge on any atom is 0.0647 e. The van der Waals surface area contributed by atoms with Gasteiger partial charge in [0.25, 0.3) is 0 Å². The second-order valence-electron chi connectivity index (χ2n) is 5.93. The van der Waals surface area contributed by atoms with Crippen LogP contribution in [0.2, 0.25) is 0 Å². The molecule has 106 valence electrons. The highest BCUT2D eigenvalue weighted by Crippen LogP contribution is 2.27. The van der Waals surface area contributed by atoms with E-state index in [-0.39, 0.29) is 5.41 Å². The minimum absolute atomic E-state index is 0.166. The Hall–Kier alpha value is -1.05. The molecule has 0 radical (unpaired) electrons. The van der Waals surface area contributed by atoms with Crippen molar-refractivity contribution in [1.82, 2.24) is 4.98 Å². The predicted octanol–water partition coefficient (Wildman–Crippen LogP) is 5.52. The van der Waals surface area contributed by atoms with Crippen LogP contribution in [0.15, 0.2) is 36.4 Å². The first-order chi connectivity index (χ1) is 9.44. The summed E-state index contributed by atoms with van der Waals surface area (Å²) in [6.45, 7) is 6.64. The Morgan fingerprint density at radius 3 is 1.75 bits per heavy atom. The number of alkyl halides is 2. The molecule has 1 nitrogen and oxygen atoms in total. The summed E-state index contributed by atoms with van der Waals surface area (Å²) < 4.78 is 0. The van der Waals surface area contributed by atoms with Crippen molar-refractivity contribution in [3.63, 3.8) is 0 Å². The predicted molar refractivity (Wildman–Crippen MR) is 87.5 cm³/mol. The number of hydrogen-bond donors (Lipinski definition) is 0. The molecule has 0 fully saturated rings. The molecule has 0 spiro atoms. The van der Waals surface area contributed by atoms with Crippen LogP contribution in [0.4, 0.5) is 0 Å². The third-order valence-electron chi connectivity index (χ3n) is 3.29. The van der Waals surface area contributed by atoms with Crippen molar-refractivity contribution in [3.05, 3.63) is 53.3 Å². The van der Waals surface area contributed by atoms with Crippen molar-refractivity contribution in [2.24, 2.45) is 0 Å². The average molecular weight is 308 g/mol. The van der Waals surface area contributed by atoms with Gasteiger partial charge < -0.3 is 0 Å². The van der Waals surface area contributed by atoms with E-state index in [1.54, 1.807) is 0 Å². The maximum atomic E-state index is 5.89. The largest absolute Gasteiger partial charge is 0.255 e. The van der Waals surface area contributed by atoms with Gasteiger partial charge in [0.1, 0.15) is 0 Å². The van der Waals surface area contributed by atoms with Crippen molar-refractivity contribution < 1.29 is 0 Å². The summed E-state index contributed by atoms with van der Waals surface area (Å²) in [5, 5.41) is 0. The molecule has 0 saturated heterocycles. The monoisotopic (exact) mass is 307 g/mol. The first-order valence-corrected chi connectivity index (χ1v) is 7.73. The highest BCUT2D eigenvalue weighted by atomic mass is 35.5. The lowest BCUT2D eigenvalue weighted by molar-refractivity contribution is 0.590. The van der Waals surface area contributed by atoms with Crippen LogP contribution in [0.25, 0.3) is 11.1 Å². The normalized spacial score (nSPS) is 11.7. The fourth-order valence-electron chi connectivity index (χ4n) is 2.12. The zero-order chi connectivity index (χ0) is 14.8. The SMILES string of the molecule is CC(C)(C)c1ccc(-c2cc(CCl)nc(CCl)c2)cc1. The standard InChI is InChI=1S/C17H19Cl2N/c1-17(2,3)14-6-4-12(5-7-14)13-8-15(10-18)20-16(9-13)11-19/h4-9H,10-11H2,1-3H3. The minimum atomic E-state index is 0.166. The molecule has 0 N–H and O–H groups in total. The van der Waals surface area contributed by atoms with Crippen LogP contribution in [0, 0.1) is 0 Å². The molecule has 2 rings (SSSR count). The maximum absolute atomic E-state index is 5.89. The first-order valence-electron chi connectivity index (χ1n) is 6.66. The van der Waals surface area contributed by atoms with Gasteiger partial charge in [-0.15, -0.1) is 23.2 Å². The fraction of sp³-hybridized carbons (Fsp3) is 0.353. The second-order valence-corrected chi connectivity index (χ2v) is 6.47. The topological polar surface area (TPSA) is 12.9 Å². The average Bonchev–Trinajstić information content (AvgIpc) is 2.46. The number of nitrogens with zero attached hydrogens (tertiary/aromatic N) is 1. The van der Waals surface area contributed by atoms with E-state index in [9.17, 15) is 0 Å². The van der Waals surface area contributed by atoms with E-state index in [1.165, 1.54) is 5.56 Å². The van der Waals surface area contributed by atoms with Gasteiger partial charge in [-0.05, 0) is 34.2 Å². The summed E-state index contributed by atoms with van der Waals surface area (Å²) in [6, 6.07) is 12.7. The van der Waals surface area contributed by atoms with E-state index >= 15 is 0 Å². The van der Waals surface area contributed by atoms with Gasteiger partial charge >= 0.3 is 0 Å². The number of rotatable bonds is 3. The van der Waals surface area contributed by atoms with E-state index in [1.807, 2.05) is 12.1 Å². The van der Waals surface area contributed by atoms with E-state index in [2.05, 4.69) is 50.0 Å². The molecule has 1 heterocycles. The van der Waals surface area contributed by atoms with Gasteiger partial charge in [-0.25, -0.2) is 0 Å². The fourth-order valence-corrected chi connectivity index (χ4v) is 2.39. The Labute approximate surface area is 131 Å². The van der Waals surface area contributed by atoms with Crippen molar-refractivity contribution in [2.45, 2.75) is 37.9 Å². The number of hydrogen-bond acceptors (Lipinski definition) is 1. The lowest BCUT2D eigenvalue weighted by Crippen LogP contribution is -2.10. The Balaban J connectivity index is 2.41. The van der Waals surface area contributed by atoms with Crippen LogP contribution >= 0.6 is 23.2 Å². The van der Waals surface area contributed by atoms with Crippen LogP contribution in [0.1, 0.15) is 37.7 Å². The summed E-state index contributed by atoms with van der Waals surface area (Å²) in [5.41, 5.74) is 5.49. The van der Waals surface area contributed by atoms with Crippen LogP contribution in [-0.4, -0.2) is 4.98 Å². The minimum Gasteiger partial charge on any atom is -0.255 e. The van der Waals surface area contributed by atoms with E-state index in [4.69, 9.17) is 23.2 Å². The number of benzene rings is 1. The number of pyridine rings is 1. The van der Waals surface area contributed by atoms with Gasteiger partial charge in [0.2, 0.25) is 0 Å². The van der Waals surface area contributed by atoms with Gasteiger partial charge in [-0.3, -0.25) is 4.98 Å². The molecule has 2 aromatic rings. The lowest BCUT2D eigenvalue weighted by Gasteiger charge is -2.19. The van der Waals surface area contributed by atoms with Crippen molar-refractivity contribution in [1.29, 1.82) is 0 Å². The number of aromatic nitrogens is 1. The molecular formula is C17H19Cl2N. The van der Waals surface area contributed by atoms with E-state index in [0.29, 0.717) is 11.8 Å².